The normalized spacial score (nSPS) is 28.3. The Hall–Kier alpha value is -0.810. The molecule has 0 amide bonds. The minimum Gasteiger partial charge on any atom is -0.379 e. The van der Waals surface area contributed by atoms with Gasteiger partial charge in [0.1, 0.15) is 0 Å². The molecule has 0 aromatic rings. The highest BCUT2D eigenvalue weighted by Gasteiger charge is 2.38. The topological polar surface area (TPSA) is 62.9 Å². The van der Waals surface area contributed by atoms with Crippen LogP contribution in [0.1, 0.15) is 44.9 Å². The third kappa shape index (κ3) is 3.44. The summed E-state index contributed by atoms with van der Waals surface area (Å²) >= 11 is 0. The third-order valence-corrected chi connectivity index (χ3v) is 4.94. The fourth-order valence-electron chi connectivity index (χ4n) is 3.54. The van der Waals surface area contributed by atoms with Crippen molar-refractivity contribution in [3.8, 4) is 0 Å². The molecule has 0 spiro atoms. The summed E-state index contributed by atoms with van der Waals surface area (Å²) in [6.45, 7) is 4.66. The molecule has 0 unspecified atom stereocenters. The highest BCUT2D eigenvalue weighted by atomic mass is 16.5. The van der Waals surface area contributed by atoms with Gasteiger partial charge in [0, 0.05) is 24.7 Å². The summed E-state index contributed by atoms with van der Waals surface area (Å²) in [6.07, 6.45) is 9.01. The Balaban J connectivity index is 1.64. The van der Waals surface area contributed by atoms with Crippen molar-refractivity contribution < 1.29 is 4.74 Å². The minimum atomic E-state index is 0.234. The summed E-state index contributed by atoms with van der Waals surface area (Å²) < 4.78 is 5.51. The van der Waals surface area contributed by atoms with Gasteiger partial charge < -0.3 is 15.8 Å². The monoisotopic (exact) mass is 280 g/mol. The van der Waals surface area contributed by atoms with Crippen LogP contribution in [0.25, 0.3) is 0 Å². The summed E-state index contributed by atoms with van der Waals surface area (Å²) in [7, 11) is 0. The van der Waals surface area contributed by atoms with Crippen molar-refractivity contribution in [2.75, 3.05) is 32.8 Å². The van der Waals surface area contributed by atoms with E-state index in [0.717, 1.165) is 32.8 Å². The number of rotatable bonds is 4. The smallest absolute Gasteiger partial charge is 0.188 e. The van der Waals surface area contributed by atoms with Gasteiger partial charge in [-0.1, -0.05) is 19.3 Å². The van der Waals surface area contributed by atoms with Gasteiger partial charge in [0.15, 0.2) is 5.96 Å². The second kappa shape index (κ2) is 6.31. The molecular formula is C15H28N4O. The molecule has 0 atom stereocenters. The Morgan fingerprint density at radius 2 is 1.90 bits per heavy atom. The predicted octanol–water partition coefficient (Wildman–Crippen LogP) is 1.09. The lowest BCUT2D eigenvalue weighted by Gasteiger charge is -2.47. The Kier molecular flexibility index (Phi) is 4.46. The molecule has 1 aliphatic heterocycles. The number of nitrogens with one attached hydrogen (secondary N) is 1. The highest BCUT2D eigenvalue weighted by Crippen LogP contribution is 2.34. The second-order valence-corrected chi connectivity index (χ2v) is 6.50. The van der Waals surface area contributed by atoms with Crippen LogP contribution in [0, 0.1) is 0 Å². The van der Waals surface area contributed by atoms with Crippen LogP contribution in [0.2, 0.25) is 0 Å². The molecule has 3 rings (SSSR count). The molecular weight excluding hydrogens is 252 g/mol. The first kappa shape index (κ1) is 14.1. The molecule has 1 heterocycles. The Morgan fingerprint density at radius 1 is 1.20 bits per heavy atom. The number of hydrogen-bond donors (Lipinski definition) is 2. The predicted molar refractivity (Wildman–Crippen MR) is 80.9 cm³/mol. The van der Waals surface area contributed by atoms with Gasteiger partial charge in [0.05, 0.1) is 19.8 Å². The molecule has 0 bridgehead atoms. The van der Waals surface area contributed by atoms with E-state index in [9.17, 15) is 0 Å². The first-order valence-electron chi connectivity index (χ1n) is 8.18. The van der Waals surface area contributed by atoms with Crippen molar-refractivity contribution in [1.29, 1.82) is 0 Å². The van der Waals surface area contributed by atoms with Crippen molar-refractivity contribution in [3.05, 3.63) is 0 Å². The van der Waals surface area contributed by atoms with Crippen LogP contribution in [-0.2, 0) is 4.74 Å². The summed E-state index contributed by atoms with van der Waals surface area (Å²) in [5, 5.41) is 3.30. The minimum absolute atomic E-state index is 0.234. The van der Waals surface area contributed by atoms with E-state index >= 15 is 0 Å². The Labute approximate surface area is 121 Å². The first-order chi connectivity index (χ1) is 9.78. The van der Waals surface area contributed by atoms with Crippen LogP contribution in [0.3, 0.4) is 0 Å². The molecule has 3 N–H and O–H groups in total. The lowest BCUT2D eigenvalue weighted by molar-refractivity contribution is -0.0333. The lowest BCUT2D eigenvalue weighted by atomic mass is 9.80. The molecule has 2 aliphatic carbocycles. The van der Waals surface area contributed by atoms with Gasteiger partial charge >= 0.3 is 0 Å². The average molecular weight is 280 g/mol. The number of aliphatic imine (C=N–C) groups is 1. The zero-order valence-electron chi connectivity index (χ0n) is 12.4. The van der Waals surface area contributed by atoms with Gasteiger partial charge in [-0.25, -0.2) is 0 Å². The van der Waals surface area contributed by atoms with Gasteiger partial charge in [-0.3, -0.25) is 9.89 Å². The van der Waals surface area contributed by atoms with E-state index in [-0.39, 0.29) is 5.54 Å². The number of ether oxygens (including phenoxy) is 1. The number of nitrogens with zero attached hydrogens (tertiary/aromatic N) is 2. The van der Waals surface area contributed by atoms with E-state index in [1.807, 2.05) is 0 Å². The van der Waals surface area contributed by atoms with E-state index < -0.39 is 0 Å². The molecule has 3 fully saturated rings. The molecule has 0 aromatic carbocycles. The van der Waals surface area contributed by atoms with Crippen molar-refractivity contribution in [1.82, 2.24) is 10.2 Å². The fourth-order valence-corrected chi connectivity index (χ4v) is 3.54. The largest absolute Gasteiger partial charge is 0.379 e. The van der Waals surface area contributed by atoms with Crippen LogP contribution in [-0.4, -0.2) is 55.3 Å². The quantitative estimate of drug-likeness (QED) is 0.598. The van der Waals surface area contributed by atoms with E-state index in [2.05, 4.69) is 15.2 Å². The molecule has 114 valence electrons. The van der Waals surface area contributed by atoms with Crippen LogP contribution in [0.5, 0.6) is 0 Å². The number of hydrogen-bond acceptors (Lipinski definition) is 3. The standard InChI is InChI=1S/C15H28N4O/c16-14(18-13-4-5-13)17-12-15(6-2-1-3-7-15)19-8-10-20-11-9-19/h13H,1-12H2,(H3,16,17,18). The number of guanidine groups is 1. The maximum Gasteiger partial charge on any atom is 0.188 e. The highest BCUT2D eigenvalue weighted by molar-refractivity contribution is 5.78. The van der Waals surface area contributed by atoms with E-state index in [1.54, 1.807) is 0 Å². The third-order valence-electron chi connectivity index (χ3n) is 4.94. The van der Waals surface area contributed by atoms with Crippen molar-refractivity contribution in [2.45, 2.75) is 56.5 Å². The molecule has 20 heavy (non-hydrogen) atoms. The van der Waals surface area contributed by atoms with E-state index in [0.29, 0.717) is 12.0 Å². The van der Waals surface area contributed by atoms with Crippen LogP contribution in [0.15, 0.2) is 4.99 Å². The average Bonchev–Trinajstić information content (AvgIpc) is 3.31. The maximum absolute atomic E-state index is 6.02. The van der Waals surface area contributed by atoms with Gasteiger partial charge in [0.2, 0.25) is 0 Å². The molecule has 5 nitrogen and oxygen atoms in total. The van der Waals surface area contributed by atoms with E-state index in [1.165, 1.54) is 44.9 Å². The number of morpholine rings is 1. The summed E-state index contributed by atoms with van der Waals surface area (Å²) in [5.41, 5.74) is 6.25. The van der Waals surface area contributed by atoms with Crippen LogP contribution in [0.4, 0.5) is 0 Å². The van der Waals surface area contributed by atoms with E-state index in [4.69, 9.17) is 10.5 Å². The lowest BCUT2D eigenvalue weighted by Crippen LogP contribution is -2.56. The fraction of sp³-hybridized carbons (Fsp3) is 0.933. The zero-order valence-corrected chi connectivity index (χ0v) is 12.4. The van der Waals surface area contributed by atoms with Crippen LogP contribution < -0.4 is 11.1 Å². The molecule has 0 radical (unpaired) electrons. The van der Waals surface area contributed by atoms with Gasteiger partial charge in [-0.2, -0.15) is 0 Å². The molecule has 0 aromatic heterocycles. The van der Waals surface area contributed by atoms with Crippen LogP contribution >= 0.6 is 0 Å². The zero-order chi connectivity index (χ0) is 13.8. The molecule has 1 saturated heterocycles. The first-order valence-corrected chi connectivity index (χ1v) is 8.18. The van der Waals surface area contributed by atoms with Crippen molar-refractivity contribution in [3.63, 3.8) is 0 Å². The van der Waals surface area contributed by atoms with Gasteiger partial charge in [-0.05, 0) is 25.7 Å². The Morgan fingerprint density at radius 3 is 2.55 bits per heavy atom. The van der Waals surface area contributed by atoms with Gasteiger partial charge in [-0.15, -0.1) is 0 Å². The molecule has 5 heteroatoms. The molecule has 2 saturated carbocycles. The summed E-state index contributed by atoms with van der Waals surface area (Å²) in [5.74, 6) is 0.644. The number of nitrogens with two attached hydrogens (primary N) is 1. The van der Waals surface area contributed by atoms with Crippen molar-refractivity contribution >= 4 is 5.96 Å². The Bertz CT molecular complexity index is 342. The van der Waals surface area contributed by atoms with Gasteiger partial charge in [0.25, 0.3) is 0 Å². The SMILES string of the molecule is NC(=NCC1(N2CCOCC2)CCCCC1)NC1CC1. The molecule has 3 aliphatic rings. The maximum atomic E-state index is 6.02. The summed E-state index contributed by atoms with van der Waals surface area (Å²) in [4.78, 5) is 7.29. The van der Waals surface area contributed by atoms with Crippen molar-refractivity contribution in [2.24, 2.45) is 10.7 Å². The summed E-state index contributed by atoms with van der Waals surface area (Å²) in [6, 6.07) is 0.587. The second-order valence-electron chi connectivity index (χ2n) is 6.50.